The van der Waals surface area contributed by atoms with Crippen molar-refractivity contribution in [1.29, 1.82) is 0 Å². The SMILES string of the molecule is Cc1csc(N2C(=O)C(C)N(C3CC3)C2=O)n1. The number of carbonyl (C=O) groups is 2. The number of imide groups is 1. The number of urea groups is 1. The van der Waals surface area contributed by atoms with Crippen molar-refractivity contribution in [2.24, 2.45) is 0 Å². The second-order valence-corrected chi connectivity index (χ2v) is 5.38. The number of hydrogen-bond acceptors (Lipinski definition) is 4. The molecule has 0 spiro atoms. The van der Waals surface area contributed by atoms with Gasteiger partial charge in [0.25, 0.3) is 5.91 Å². The van der Waals surface area contributed by atoms with Crippen molar-refractivity contribution < 1.29 is 9.59 Å². The van der Waals surface area contributed by atoms with Crippen LogP contribution >= 0.6 is 11.3 Å². The number of carbonyl (C=O) groups excluding carboxylic acids is 2. The van der Waals surface area contributed by atoms with E-state index in [4.69, 9.17) is 0 Å². The lowest BCUT2D eigenvalue weighted by atomic mass is 10.3. The molecule has 17 heavy (non-hydrogen) atoms. The summed E-state index contributed by atoms with van der Waals surface area (Å²) in [6.45, 7) is 3.64. The quantitative estimate of drug-likeness (QED) is 0.753. The topological polar surface area (TPSA) is 53.5 Å². The first-order chi connectivity index (χ1) is 8.09. The van der Waals surface area contributed by atoms with Crippen molar-refractivity contribution in [3.63, 3.8) is 0 Å². The summed E-state index contributed by atoms with van der Waals surface area (Å²) in [7, 11) is 0. The van der Waals surface area contributed by atoms with E-state index in [1.165, 1.54) is 16.2 Å². The standard InChI is InChI=1S/C11H13N3O2S/c1-6-5-17-10(12-6)14-9(15)7(2)13(11(14)16)8-3-4-8/h5,7-8H,3-4H2,1-2H3. The highest BCUT2D eigenvalue weighted by Gasteiger charge is 2.50. The van der Waals surface area contributed by atoms with E-state index >= 15 is 0 Å². The van der Waals surface area contributed by atoms with Crippen LogP contribution in [0.2, 0.25) is 0 Å². The zero-order chi connectivity index (χ0) is 12.2. The van der Waals surface area contributed by atoms with Crippen LogP contribution in [0.5, 0.6) is 0 Å². The minimum absolute atomic E-state index is 0.156. The summed E-state index contributed by atoms with van der Waals surface area (Å²) in [4.78, 5) is 31.4. The van der Waals surface area contributed by atoms with Gasteiger partial charge in [0.15, 0.2) is 0 Å². The fourth-order valence-corrected chi connectivity index (χ4v) is 2.93. The Bertz CT molecular complexity index is 495. The van der Waals surface area contributed by atoms with Gasteiger partial charge in [-0.05, 0) is 26.7 Å². The first-order valence-corrected chi connectivity index (χ1v) is 6.56. The number of aromatic nitrogens is 1. The molecule has 1 aliphatic heterocycles. The van der Waals surface area contributed by atoms with Crippen molar-refractivity contribution >= 4 is 28.4 Å². The van der Waals surface area contributed by atoms with Crippen LogP contribution in [0.1, 0.15) is 25.5 Å². The summed E-state index contributed by atoms with van der Waals surface area (Å²) < 4.78 is 0. The monoisotopic (exact) mass is 251 g/mol. The Morgan fingerprint density at radius 2 is 2.12 bits per heavy atom. The fourth-order valence-electron chi connectivity index (χ4n) is 2.13. The van der Waals surface area contributed by atoms with Crippen LogP contribution < -0.4 is 4.90 Å². The van der Waals surface area contributed by atoms with Gasteiger partial charge in [-0.1, -0.05) is 0 Å². The molecule has 3 rings (SSSR count). The summed E-state index contributed by atoms with van der Waals surface area (Å²) in [5.41, 5.74) is 0.836. The maximum absolute atomic E-state index is 12.2. The molecular weight excluding hydrogens is 238 g/mol. The number of rotatable bonds is 2. The normalized spacial score (nSPS) is 24.9. The lowest BCUT2D eigenvalue weighted by molar-refractivity contribution is -0.119. The molecule has 2 heterocycles. The molecular formula is C11H13N3O2S. The maximum Gasteiger partial charge on any atom is 0.334 e. The molecule has 1 saturated carbocycles. The fraction of sp³-hybridized carbons (Fsp3) is 0.545. The Balaban J connectivity index is 1.95. The highest BCUT2D eigenvalue weighted by atomic mass is 32.1. The molecule has 5 nitrogen and oxygen atoms in total. The van der Waals surface area contributed by atoms with Gasteiger partial charge in [-0.3, -0.25) is 4.79 Å². The molecule has 3 amide bonds. The van der Waals surface area contributed by atoms with Gasteiger partial charge in [-0.15, -0.1) is 11.3 Å². The summed E-state index contributed by atoms with van der Waals surface area (Å²) in [6.07, 6.45) is 2.02. The molecule has 1 aromatic heterocycles. The van der Waals surface area contributed by atoms with Crippen molar-refractivity contribution in [2.75, 3.05) is 4.90 Å². The van der Waals surface area contributed by atoms with Gasteiger partial charge in [0.2, 0.25) is 5.13 Å². The van der Waals surface area contributed by atoms with Crippen molar-refractivity contribution in [3.05, 3.63) is 11.1 Å². The molecule has 2 aliphatic rings. The molecule has 1 aromatic rings. The maximum atomic E-state index is 12.2. The van der Waals surface area contributed by atoms with E-state index in [-0.39, 0.29) is 24.0 Å². The second-order valence-electron chi connectivity index (χ2n) is 4.54. The Labute approximate surface area is 103 Å². The zero-order valence-electron chi connectivity index (χ0n) is 9.71. The van der Waals surface area contributed by atoms with E-state index < -0.39 is 0 Å². The van der Waals surface area contributed by atoms with Gasteiger partial charge in [0, 0.05) is 11.4 Å². The predicted molar refractivity (Wildman–Crippen MR) is 64.1 cm³/mol. The van der Waals surface area contributed by atoms with Crippen molar-refractivity contribution in [1.82, 2.24) is 9.88 Å². The lowest BCUT2D eigenvalue weighted by Gasteiger charge is -2.17. The van der Waals surface area contributed by atoms with Crippen LogP contribution in [0.4, 0.5) is 9.93 Å². The second kappa shape index (κ2) is 3.53. The summed E-state index contributed by atoms with van der Waals surface area (Å²) >= 11 is 1.34. The molecule has 0 bridgehead atoms. The molecule has 0 radical (unpaired) electrons. The molecule has 1 unspecified atom stereocenters. The third kappa shape index (κ3) is 1.55. The van der Waals surface area contributed by atoms with Crippen LogP contribution in [-0.4, -0.2) is 33.9 Å². The number of amides is 3. The number of hydrogen-bond donors (Lipinski definition) is 0. The van der Waals surface area contributed by atoms with E-state index in [9.17, 15) is 9.59 Å². The molecule has 1 aliphatic carbocycles. The summed E-state index contributed by atoms with van der Waals surface area (Å²) in [6, 6.07) is -0.300. The first-order valence-electron chi connectivity index (χ1n) is 5.68. The van der Waals surface area contributed by atoms with E-state index in [0.29, 0.717) is 5.13 Å². The van der Waals surface area contributed by atoms with Gasteiger partial charge >= 0.3 is 6.03 Å². The van der Waals surface area contributed by atoms with E-state index in [1.54, 1.807) is 11.8 Å². The van der Waals surface area contributed by atoms with Crippen LogP contribution in [-0.2, 0) is 4.79 Å². The van der Waals surface area contributed by atoms with Crippen LogP contribution in [0.15, 0.2) is 5.38 Å². The van der Waals surface area contributed by atoms with Gasteiger partial charge in [-0.25, -0.2) is 14.7 Å². The Morgan fingerprint density at radius 1 is 1.41 bits per heavy atom. The van der Waals surface area contributed by atoms with Crippen LogP contribution in [0.25, 0.3) is 0 Å². The zero-order valence-corrected chi connectivity index (χ0v) is 10.5. The van der Waals surface area contributed by atoms with E-state index in [1.807, 2.05) is 12.3 Å². The minimum atomic E-state index is -0.348. The smallest absolute Gasteiger partial charge is 0.309 e. The number of anilines is 1. The molecule has 0 N–H and O–H groups in total. The molecule has 1 saturated heterocycles. The molecule has 2 fully saturated rings. The van der Waals surface area contributed by atoms with Crippen molar-refractivity contribution in [3.8, 4) is 0 Å². The minimum Gasteiger partial charge on any atom is -0.309 e. The predicted octanol–water partition coefficient (Wildman–Crippen LogP) is 1.77. The number of aryl methyl sites for hydroxylation is 1. The highest BCUT2D eigenvalue weighted by Crippen LogP contribution is 2.36. The van der Waals surface area contributed by atoms with Crippen LogP contribution in [0.3, 0.4) is 0 Å². The molecule has 0 aromatic carbocycles. The van der Waals surface area contributed by atoms with Gasteiger partial charge in [0.1, 0.15) is 6.04 Å². The average Bonchev–Trinajstić information content (AvgIpc) is 2.97. The van der Waals surface area contributed by atoms with E-state index in [0.717, 1.165) is 18.5 Å². The Kier molecular flexibility index (Phi) is 2.22. The largest absolute Gasteiger partial charge is 0.334 e. The molecule has 90 valence electrons. The third-order valence-electron chi connectivity index (χ3n) is 3.15. The Morgan fingerprint density at radius 3 is 2.65 bits per heavy atom. The first kappa shape index (κ1) is 10.7. The molecule has 1 atom stereocenters. The third-order valence-corrected chi connectivity index (χ3v) is 4.09. The summed E-state index contributed by atoms with van der Waals surface area (Å²) in [5, 5.41) is 2.34. The average molecular weight is 251 g/mol. The van der Waals surface area contributed by atoms with Crippen molar-refractivity contribution in [2.45, 2.75) is 38.8 Å². The number of nitrogens with zero attached hydrogens (tertiary/aromatic N) is 3. The van der Waals surface area contributed by atoms with Gasteiger partial charge in [0.05, 0.1) is 5.69 Å². The Hall–Kier alpha value is -1.43. The number of thiazole rings is 1. The lowest BCUT2D eigenvalue weighted by Crippen LogP contribution is -2.35. The summed E-state index contributed by atoms with van der Waals surface area (Å²) in [5.74, 6) is -0.156. The van der Waals surface area contributed by atoms with Crippen LogP contribution in [0, 0.1) is 6.92 Å². The molecule has 6 heteroatoms. The van der Waals surface area contributed by atoms with Gasteiger partial charge in [-0.2, -0.15) is 0 Å². The van der Waals surface area contributed by atoms with E-state index in [2.05, 4.69) is 4.98 Å². The highest BCUT2D eigenvalue weighted by molar-refractivity contribution is 7.14. The van der Waals surface area contributed by atoms with Gasteiger partial charge < -0.3 is 4.90 Å².